The molecule has 5 rings (SSSR count). The molecule has 2 saturated heterocycles. The van der Waals surface area contributed by atoms with Gasteiger partial charge in [-0.05, 0) is 24.0 Å². The summed E-state index contributed by atoms with van der Waals surface area (Å²) >= 11 is 0. The van der Waals surface area contributed by atoms with E-state index in [-0.39, 0.29) is 24.1 Å². The van der Waals surface area contributed by atoms with Crippen molar-refractivity contribution >= 4 is 18.3 Å². The molecule has 2 aromatic carbocycles. The molecule has 6 nitrogen and oxygen atoms in total. The number of nitrogens with one attached hydrogen (secondary N) is 1. The summed E-state index contributed by atoms with van der Waals surface area (Å²) in [5, 5.41) is 8.00. The molecule has 28 heavy (non-hydrogen) atoms. The van der Waals surface area contributed by atoms with Crippen molar-refractivity contribution in [3.8, 4) is 17.1 Å². The molecule has 3 aromatic rings. The van der Waals surface area contributed by atoms with Crippen LogP contribution in [0, 0.1) is 11.8 Å². The summed E-state index contributed by atoms with van der Waals surface area (Å²) in [6.07, 6.45) is 0. The van der Waals surface area contributed by atoms with Gasteiger partial charge in [-0.1, -0.05) is 48.5 Å². The van der Waals surface area contributed by atoms with Gasteiger partial charge >= 0.3 is 0 Å². The molecule has 0 aliphatic carbocycles. The number of fused-ring (bicyclic) bond motifs is 1. The van der Waals surface area contributed by atoms with E-state index in [1.807, 2.05) is 65.6 Å². The van der Waals surface area contributed by atoms with Crippen LogP contribution in [0.5, 0.6) is 0 Å². The van der Waals surface area contributed by atoms with Crippen molar-refractivity contribution in [1.29, 1.82) is 0 Å². The summed E-state index contributed by atoms with van der Waals surface area (Å²) in [5.41, 5.74) is 1.83. The van der Waals surface area contributed by atoms with Crippen LogP contribution in [0.4, 0.5) is 0 Å². The maximum atomic E-state index is 13.1. The van der Waals surface area contributed by atoms with Crippen LogP contribution in [0.1, 0.15) is 10.6 Å². The third kappa shape index (κ3) is 3.30. The van der Waals surface area contributed by atoms with Gasteiger partial charge < -0.3 is 10.2 Å². The molecular weight excluding hydrogens is 374 g/mol. The molecule has 1 amide bonds. The SMILES string of the molecule is Cl.O=C(c1nc(-c2ccccc2)n(-c2ccccc2)n1)N1C[C@H]2CNC[C@H]2C1. The second-order valence-corrected chi connectivity index (χ2v) is 7.26. The Balaban J connectivity index is 0.00000192. The Kier molecular flexibility index (Phi) is 5.15. The first-order chi connectivity index (χ1) is 13.3. The van der Waals surface area contributed by atoms with E-state index in [0.29, 0.717) is 17.7 Å². The van der Waals surface area contributed by atoms with Gasteiger partial charge in [-0.15, -0.1) is 17.5 Å². The van der Waals surface area contributed by atoms with Crippen molar-refractivity contribution in [1.82, 2.24) is 25.0 Å². The molecule has 0 radical (unpaired) electrons. The summed E-state index contributed by atoms with van der Waals surface area (Å²) in [6.45, 7) is 3.57. The molecule has 1 N–H and O–H groups in total. The maximum Gasteiger partial charge on any atom is 0.293 e. The molecular formula is C21H22ClN5O. The van der Waals surface area contributed by atoms with E-state index in [4.69, 9.17) is 0 Å². The predicted octanol–water partition coefficient (Wildman–Crippen LogP) is 2.65. The summed E-state index contributed by atoms with van der Waals surface area (Å²) in [6, 6.07) is 19.7. The van der Waals surface area contributed by atoms with Gasteiger partial charge in [0.25, 0.3) is 5.91 Å². The van der Waals surface area contributed by atoms with E-state index in [9.17, 15) is 4.79 Å². The molecule has 7 heteroatoms. The van der Waals surface area contributed by atoms with Crippen LogP contribution in [0.15, 0.2) is 60.7 Å². The van der Waals surface area contributed by atoms with Crippen molar-refractivity contribution in [3.63, 3.8) is 0 Å². The topological polar surface area (TPSA) is 63.1 Å². The molecule has 0 saturated carbocycles. The smallest absolute Gasteiger partial charge is 0.293 e. The predicted molar refractivity (Wildman–Crippen MR) is 110 cm³/mol. The first-order valence-electron chi connectivity index (χ1n) is 9.37. The summed E-state index contributed by atoms with van der Waals surface area (Å²) < 4.78 is 1.76. The van der Waals surface area contributed by atoms with Crippen LogP contribution in [-0.4, -0.2) is 51.8 Å². The zero-order chi connectivity index (χ0) is 18.2. The number of halogens is 1. The van der Waals surface area contributed by atoms with Crippen molar-refractivity contribution < 1.29 is 4.79 Å². The minimum absolute atomic E-state index is 0. The zero-order valence-corrected chi connectivity index (χ0v) is 16.2. The van der Waals surface area contributed by atoms with E-state index >= 15 is 0 Å². The lowest BCUT2D eigenvalue weighted by Crippen LogP contribution is -2.32. The number of nitrogens with zero attached hydrogens (tertiary/aromatic N) is 4. The molecule has 2 aliphatic rings. The van der Waals surface area contributed by atoms with E-state index < -0.39 is 0 Å². The third-order valence-corrected chi connectivity index (χ3v) is 5.51. The number of amides is 1. The zero-order valence-electron chi connectivity index (χ0n) is 15.4. The highest BCUT2D eigenvalue weighted by Gasteiger charge is 2.39. The Morgan fingerprint density at radius 3 is 2.18 bits per heavy atom. The van der Waals surface area contributed by atoms with Gasteiger partial charge in [0, 0.05) is 31.7 Å². The van der Waals surface area contributed by atoms with E-state index in [1.54, 1.807) is 4.68 Å². The molecule has 2 aliphatic heterocycles. The van der Waals surface area contributed by atoms with Crippen molar-refractivity contribution in [3.05, 3.63) is 66.5 Å². The van der Waals surface area contributed by atoms with Crippen LogP contribution in [0.3, 0.4) is 0 Å². The minimum Gasteiger partial charge on any atom is -0.335 e. The second-order valence-electron chi connectivity index (χ2n) is 7.26. The van der Waals surface area contributed by atoms with Crippen LogP contribution in [0.25, 0.3) is 17.1 Å². The van der Waals surface area contributed by atoms with Crippen LogP contribution in [-0.2, 0) is 0 Å². The van der Waals surface area contributed by atoms with Gasteiger partial charge in [-0.2, -0.15) is 0 Å². The van der Waals surface area contributed by atoms with E-state index in [2.05, 4.69) is 15.4 Å². The standard InChI is InChI=1S/C21H21N5O.ClH/c27-21(25-13-16-11-22-12-17(16)14-25)19-23-20(15-7-3-1-4-8-15)26(24-19)18-9-5-2-6-10-18;/h1-10,16-17,22H,11-14H2;1H/t16-,17+;. The average molecular weight is 396 g/mol. The molecule has 0 bridgehead atoms. The van der Waals surface area contributed by atoms with Gasteiger partial charge in [0.2, 0.25) is 5.82 Å². The second kappa shape index (κ2) is 7.73. The first-order valence-corrected chi connectivity index (χ1v) is 9.37. The number of benzene rings is 2. The van der Waals surface area contributed by atoms with Gasteiger partial charge in [-0.3, -0.25) is 4.79 Å². The number of aromatic nitrogens is 3. The Morgan fingerprint density at radius 2 is 1.54 bits per heavy atom. The lowest BCUT2D eigenvalue weighted by molar-refractivity contribution is 0.0769. The number of rotatable bonds is 3. The minimum atomic E-state index is -0.0729. The number of likely N-dealkylation sites (tertiary alicyclic amines) is 1. The molecule has 2 atom stereocenters. The van der Waals surface area contributed by atoms with Crippen LogP contribution in [0.2, 0.25) is 0 Å². The molecule has 1 aromatic heterocycles. The van der Waals surface area contributed by atoms with Gasteiger partial charge in [-0.25, -0.2) is 9.67 Å². The largest absolute Gasteiger partial charge is 0.335 e. The Hall–Kier alpha value is -2.70. The van der Waals surface area contributed by atoms with Crippen LogP contribution < -0.4 is 5.32 Å². The van der Waals surface area contributed by atoms with Crippen LogP contribution >= 0.6 is 12.4 Å². The Bertz CT molecular complexity index is 890. The first kappa shape index (κ1) is 18.7. The van der Waals surface area contributed by atoms with E-state index in [1.165, 1.54) is 0 Å². The number of para-hydroxylation sites is 1. The fourth-order valence-corrected chi connectivity index (χ4v) is 4.09. The molecule has 3 heterocycles. The summed E-state index contributed by atoms with van der Waals surface area (Å²) in [4.78, 5) is 19.6. The Morgan fingerprint density at radius 1 is 0.929 bits per heavy atom. The normalized spacial score (nSPS) is 20.6. The molecule has 144 valence electrons. The number of carbonyl (C=O) groups is 1. The molecule has 2 fully saturated rings. The van der Waals surface area contributed by atoms with E-state index in [0.717, 1.165) is 37.4 Å². The van der Waals surface area contributed by atoms with Gasteiger partial charge in [0.15, 0.2) is 5.82 Å². The van der Waals surface area contributed by atoms with Crippen molar-refractivity contribution in [2.75, 3.05) is 26.2 Å². The fraction of sp³-hybridized carbons (Fsp3) is 0.286. The highest BCUT2D eigenvalue weighted by atomic mass is 35.5. The van der Waals surface area contributed by atoms with Gasteiger partial charge in [0.05, 0.1) is 5.69 Å². The van der Waals surface area contributed by atoms with Crippen molar-refractivity contribution in [2.45, 2.75) is 0 Å². The summed E-state index contributed by atoms with van der Waals surface area (Å²) in [5.74, 6) is 1.99. The average Bonchev–Trinajstić information content (AvgIpc) is 3.43. The fourth-order valence-electron chi connectivity index (χ4n) is 4.09. The number of carbonyl (C=O) groups excluding carboxylic acids is 1. The lowest BCUT2D eigenvalue weighted by atomic mass is 10.0. The number of hydrogen-bond donors (Lipinski definition) is 1. The quantitative estimate of drug-likeness (QED) is 0.740. The monoisotopic (exact) mass is 395 g/mol. The van der Waals surface area contributed by atoms with Crippen molar-refractivity contribution in [2.24, 2.45) is 11.8 Å². The third-order valence-electron chi connectivity index (χ3n) is 5.51. The summed E-state index contributed by atoms with van der Waals surface area (Å²) in [7, 11) is 0. The Labute approximate surface area is 170 Å². The maximum absolute atomic E-state index is 13.1. The molecule has 0 unspecified atom stereocenters. The highest BCUT2D eigenvalue weighted by molar-refractivity contribution is 5.91. The number of hydrogen-bond acceptors (Lipinski definition) is 4. The molecule has 0 spiro atoms. The lowest BCUT2D eigenvalue weighted by Gasteiger charge is -2.15. The highest BCUT2D eigenvalue weighted by Crippen LogP contribution is 2.28. The van der Waals surface area contributed by atoms with Gasteiger partial charge in [0.1, 0.15) is 0 Å².